The number of morpholine rings is 1. The van der Waals surface area contributed by atoms with E-state index in [4.69, 9.17) is 10.5 Å². The highest BCUT2D eigenvalue weighted by Gasteiger charge is 2.26. The molecular weight excluding hydrogens is 240 g/mol. The average Bonchev–Trinajstić information content (AvgIpc) is 2.80. The van der Waals surface area contributed by atoms with E-state index in [0.717, 1.165) is 32.8 Å². The molecule has 0 atom stereocenters. The maximum Gasteiger partial charge on any atom is 0.188 e. The molecule has 0 unspecified atom stereocenters. The lowest BCUT2D eigenvalue weighted by Crippen LogP contribution is -2.49. The molecule has 0 amide bonds. The van der Waals surface area contributed by atoms with E-state index in [1.54, 1.807) is 0 Å². The second-order valence-corrected chi connectivity index (χ2v) is 6.28. The standard InChI is InChI=1S/C14H28N4O/c1-14(2)11-18(9-10-19-14)8-7-16-13(15)17-12-5-3-4-6-12/h12H,3-11H2,1-2H3,(H3,15,16,17). The third kappa shape index (κ3) is 4.99. The molecule has 2 rings (SSSR count). The van der Waals surface area contributed by atoms with Gasteiger partial charge in [0.2, 0.25) is 0 Å². The molecule has 110 valence electrons. The predicted octanol–water partition coefficient (Wildman–Crippen LogP) is 0.944. The third-order valence-corrected chi connectivity index (χ3v) is 3.91. The van der Waals surface area contributed by atoms with E-state index < -0.39 is 0 Å². The van der Waals surface area contributed by atoms with Gasteiger partial charge in [-0.15, -0.1) is 0 Å². The Kier molecular flexibility index (Phi) is 5.05. The number of nitrogens with one attached hydrogen (secondary N) is 1. The lowest BCUT2D eigenvalue weighted by atomic mass is 10.1. The molecule has 5 nitrogen and oxygen atoms in total. The summed E-state index contributed by atoms with van der Waals surface area (Å²) in [6.07, 6.45) is 5.09. The van der Waals surface area contributed by atoms with E-state index in [0.29, 0.717) is 12.0 Å². The minimum atomic E-state index is -0.0321. The fourth-order valence-corrected chi connectivity index (χ4v) is 2.94. The van der Waals surface area contributed by atoms with Gasteiger partial charge < -0.3 is 15.8 Å². The van der Waals surface area contributed by atoms with Crippen LogP contribution in [-0.2, 0) is 4.74 Å². The number of nitrogens with zero attached hydrogens (tertiary/aromatic N) is 2. The van der Waals surface area contributed by atoms with Crippen LogP contribution in [0.2, 0.25) is 0 Å². The molecule has 5 heteroatoms. The first-order chi connectivity index (χ1) is 9.05. The third-order valence-electron chi connectivity index (χ3n) is 3.91. The van der Waals surface area contributed by atoms with Gasteiger partial charge in [0.05, 0.1) is 18.8 Å². The SMILES string of the molecule is CC1(C)CN(CCN=C(N)NC2CCCC2)CCO1. The highest BCUT2D eigenvalue weighted by atomic mass is 16.5. The van der Waals surface area contributed by atoms with E-state index in [-0.39, 0.29) is 5.60 Å². The second kappa shape index (κ2) is 6.57. The van der Waals surface area contributed by atoms with Gasteiger partial charge in [-0.2, -0.15) is 0 Å². The fourth-order valence-electron chi connectivity index (χ4n) is 2.94. The molecule has 0 bridgehead atoms. The second-order valence-electron chi connectivity index (χ2n) is 6.28. The fraction of sp³-hybridized carbons (Fsp3) is 0.929. The Morgan fingerprint density at radius 2 is 2.16 bits per heavy atom. The maximum absolute atomic E-state index is 5.92. The van der Waals surface area contributed by atoms with Crippen molar-refractivity contribution < 1.29 is 4.74 Å². The summed E-state index contributed by atoms with van der Waals surface area (Å²) in [5, 5.41) is 3.32. The van der Waals surface area contributed by atoms with Crippen molar-refractivity contribution >= 4 is 5.96 Å². The van der Waals surface area contributed by atoms with Gasteiger partial charge in [0.25, 0.3) is 0 Å². The van der Waals surface area contributed by atoms with Crippen molar-refractivity contribution in [3.8, 4) is 0 Å². The quantitative estimate of drug-likeness (QED) is 0.588. The van der Waals surface area contributed by atoms with Crippen LogP contribution in [0.3, 0.4) is 0 Å². The van der Waals surface area contributed by atoms with Crippen LogP contribution in [0.4, 0.5) is 0 Å². The Hall–Kier alpha value is -0.810. The summed E-state index contributed by atoms with van der Waals surface area (Å²) in [5.74, 6) is 0.611. The van der Waals surface area contributed by atoms with Crippen LogP contribution in [0.15, 0.2) is 4.99 Å². The van der Waals surface area contributed by atoms with Crippen molar-refractivity contribution in [2.45, 2.75) is 51.2 Å². The molecule has 19 heavy (non-hydrogen) atoms. The van der Waals surface area contributed by atoms with Crippen LogP contribution in [-0.4, -0.2) is 55.3 Å². The molecule has 0 aromatic rings. The molecule has 1 aliphatic heterocycles. The van der Waals surface area contributed by atoms with Gasteiger partial charge >= 0.3 is 0 Å². The molecular formula is C14H28N4O. The average molecular weight is 268 g/mol. The van der Waals surface area contributed by atoms with Gasteiger partial charge in [0.15, 0.2) is 5.96 Å². The minimum Gasteiger partial charge on any atom is -0.373 e. The Morgan fingerprint density at radius 1 is 1.42 bits per heavy atom. The van der Waals surface area contributed by atoms with Crippen molar-refractivity contribution in [3.05, 3.63) is 0 Å². The summed E-state index contributed by atoms with van der Waals surface area (Å²) in [6, 6.07) is 0.547. The van der Waals surface area contributed by atoms with Gasteiger partial charge in [-0.3, -0.25) is 9.89 Å². The molecule has 1 saturated carbocycles. The van der Waals surface area contributed by atoms with E-state index in [9.17, 15) is 0 Å². The zero-order chi connectivity index (χ0) is 13.7. The van der Waals surface area contributed by atoms with Crippen molar-refractivity contribution in [1.82, 2.24) is 10.2 Å². The Balaban J connectivity index is 1.67. The smallest absolute Gasteiger partial charge is 0.188 e. The maximum atomic E-state index is 5.92. The summed E-state index contributed by atoms with van der Waals surface area (Å²) < 4.78 is 5.70. The summed E-state index contributed by atoms with van der Waals surface area (Å²) in [7, 11) is 0. The van der Waals surface area contributed by atoms with E-state index in [1.807, 2.05) is 0 Å². The lowest BCUT2D eigenvalue weighted by molar-refractivity contribution is -0.0850. The first kappa shape index (κ1) is 14.6. The lowest BCUT2D eigenvalue weighted by Gasteiger charge is -2.37. The highest BCUT2D eigenvalue weighted by Crippen LogP contribution is 2.17. The van der Waals surface area contributed by atoms with Crippen LogP contribution in [0.25, 0.3) is 0 Å². The van der Waals surface area contributed by atoms with Gasteiger partial charge in [0.1, 0.15) is 0 Å². The monoisotopic (exact) mass is 268 g/mol. The van der Waals surface area contributed by atoms with Crippen molar-refractivity contribution in [1.29, 1.82) is 0 Å². The topological polar surface area (TPSA) is 62.9 Å². The predicted molar refractivity (Wildman–Crippen MR) is 78.4 cm³/mol. The first-order valence-electron chi connectivity index (χ1n) is 7.48. The molecule has 0 radical (unpaired) electrons. The Morgan fingerprint density at radius 3 is 2.84 bits per heavy atom. The number of hydrogen-bond acceptors (Lipinski definition) is 3. The van der Waals surface area contributed by atoms with Crippen molar-refractivity contribution in [2.75, 3.05) is 32.8 Å². The first-order valence-corrected chi connectivity index (χ1v) is 7.48. The van der Waals surface area contributed by atoms with Crippen LogP contribution < -0.4 is 11.1 Å². The number of rotatable bonds is 4. The normalized spacial score (nSPS) is 25.7. The molecule has 1 aliphatic carbocycles. The van der Waals surface area contributed by atoms with Gasteiger partial charge in [-0.05, 0) is 26.7 Å². The molecule has 0 aromatic heterocycles. The largest absolute Gasteiger partial charge is 0.373 e. The summed E-state index contributed by atoms with van der Waals surface area (Å²) in [5.41, 5.74) is 5.89. The molecule has 0 aromatic carbocycles. The van der Waals surface area contributed by atoms with Gasteiger partial charge in [0, 0.05) is 25.7 Å². The minimum absolute atomic E-state index is 0.0321. The molecule has 0 spiro atoms. The molecule has 1 heterocycles. The van der Waals surface area contributed by atoms with Crippen molar-refractivity contribution in [2.24, 2.45) is 10.7 Å². The number of aliphatic imine (C=N–C) groups is 1. The number of hydrogen-bond donors (Lipinski definition) is 2. The Labute approximate surface area is 116 Å². The van der Waals surface area contributed by atoms with Crippen LogP contribution >= 0.6 is 0 Å². The van der Waals surface area contributed by atoms with Gasteiger partial charge in [-0.25, -0.2) is 0 Å². The molecule has 2 fully saturated rings. The summed E-state index contributed by atoms with van der Waals surface area (Å²) >= 11 is 0. The molecule has 1 saturated heterocycles. The molecule has 2 aliphatic rings. The van der Waals surface area contributed by atoms with Gasteiger partial charge in [-0.1, -0.05) is 12.8 Å². The van der Waals surface area contributed by atoms with E-state index in [1.165, 1.54) is 25.7 Å². The summed E-state index contributed by atoms with van der Waals surface area (Å²) in [4.78, 5) is 6.83. The van der Waals surface area contributed by atoms with Crippen LogP contribution in [0.5, 0.6) is 0 Å². The Bertz CT molecular complexity index is 311. The van der Waals surface area contributed by atoms with E-state index in [2.05, 4.69) is 29.1 Å². The number of nitrogens with two attached hydrogens (primary N) is 1. The molecule has 3 N–H and O–H groups in total. The van der Waals surface area contributed by atoms with Crippen molar-refractivity contribution in [3.63, 3.8) is 0 Å². The summed E-state index contributed by atoms with van der Waals surface area (Å²) in [6.45, 7) is 8.78. The van der Waals surface area contributed by atoms with Crippen LogP contribution in [0.1, 0.15) is 39.5 Å². The number of guanidine groups is 1. The number of ether oxygens (including phenoxy) is 1. The highest BCUT2D eigenvalue weighted by molar-refractivity contribution is 5.78. The van der Waals surface area contributed by atoms with Crippen LogP contribution in [0, 0.1) is 0 Å². The zero-order valence-corrected chi connectivity index (χ0v) is 12.3. The zero-order valence-electron chi connectivity index (χ0n) is 12.3. The van der Waals surface area contributed by atoms with E-state index >= 15 is 0 Å².